The second kappa shape index (κ2) is 12.9. The summed E-state index contributed by atoms with van der Waals surface area (Å²) in [5.41, 5.74) is -0.670. The van der Waals surface area contributed by atoms with Gasteiger partial charge in [-0.1, -0.05) is 86.8 Å². The fourth-order valence-corrected chi connectivity index (χ4v) is 7.62. The van der Waals surface area contributed by atoms with Gasteiger partial charge in [-0.15, -0.1) is 0 Å². The maximum Gasteiger partial charge on any atom is 0.348 e. The molecule has 7 nitrogen and oxygen atoms in total. The van der Waals surface area contributed by atoms with Crippen molar-refractivity contribution < 1.29 is 32.1 Å². The van der Waals surface area contributed by atoms with Crippen molar-refractivity contribution >= 4 is 16.1 Å². The molecule has 0 amide bonds. The van der Waals surface area contributed by atoms with Crippen LogP contribution < -0.4 is 0 Å². The molecule has 1 spiro atoms. The van der Waals surface area contributed by atoms with E-state index in [0.717, 1.165) is 49.0 Å². The van der Waals surface area contributed by atoms with Gasteiger partial charge in [0.1, 0.15) is 6.04 Å². The summed E-state index contributed by atoms with van der Waals surface area (Å²) in [6, 6.07) is 19.5. The van der Waals surface area contributed by atoms with Crippen molar-refractivity contribution in [3.8, 4) is 0 Å². The molecule has 3 saturated heterocycles. The van der Waals surface area contributed by atoms with Crippen LogP contribution in [-0.2, 0) is 25.3 Å². The van der Waals surface area contributed by atoms with Gasteiger partial charge >= 0.3 is 5.97 Å². The highest BCUT2D eigenvalue weighted by Gasteiger charge is 2.58. The molecule has 2 aromatic carbocycles. The third-order valence-electron chi connectivity index (χ3n) is 8.98. The number of piperidine rings is 1. The van der Waals surface area contributed by atoms with Crippen LogP contribution in [0.2, 0.25) is 0 Å². The molecule has 3 heterocycles. The molecule has 5 rings (SSSR count). The monoisotopic (exact) mass is 557 g/mol. The fourth-order valence-electron chi connectivity index (χ4n) is 7.06. The van der Waals surface area contributed by atoms with E-state index in [1.807, 2.05) is 43.3 Å². The summed E-state index contributed by atoms with van der Waals surface area (Å²) in [4.78, 5) is 13.5. The second-order valence-corrected chi connectivity index (χ2v) is 12.9. The molecule has 2 bridgehead atoms. The molecule has 2 aromatic rings. The molecular weight excluding hydrogens is 514 g/mol. The lowest BCUT2D eigenvalue weighted by molar-refractivity contribution is -0.958. The normalized spacial score (nSPS) is 23.7. The average Bonchev–Trinajstić information content (AvgIpc) is 3.50. The molecule has 3 aliphatic rings. The number of benzene rings is 2. The summed E-state index contributed by atoms with van der Waals surface area (Å²) in [7, 11) is -3.95. The number of unbranched alkanes of at least 4 members (excludes halogenated alkanes) is 3. The molecule has 3 aliphatic heterocycles. The van der Waals surface area contributed by atoms with E-state index >= 15 is 0 Å². The largest absolute Gasteiger partial charge is 0.748 e. The van der Waals surface area contributed by atoms with Crippen LogP contribution in [0.4, 0.5) is 0 Å². The highest BCUT2D eigenvalue weighted by molar-refractivity contribution is 7.85. The first-order valence-corrected chi connectivity index (χ1v) is 16.1. The number of nitrogens with zero attached hydrogens (tertiary/aromatic N) is 1. The maximum absolute atomic E-state index is 13.5. The Balaban J connectivity index is 0.000000303. The second-order valence-electron chi connectivity index (χ2n) is 11.3. The van der Waals surface area contributed by atoms with Crippen molar-refractivity contribution in [3.63, 3.8) is 0 Å². The Morgan fingerprint density at radius 2 is 1.49 bits per heavy atom. The number of rotatable bonds is 9. The van der Waals surface area contributed by atoms with Gasteiger partial charge in [0.15, 0.2) is 6.10 Å². The van der Waals surface area contributed by atoms with Gasteiger partial charge in [-0.3, -0.25) is 0 Å². The van der Waals surface area contributed by atoms with E-state index in [9.17, 15) is 22.9 Å². The van der Waals surface area contributed by atoms with Crippen LogP contribution in [-0.4, -0.2) is 65.6 Å². The fraction of sp³-hybridized carbons (Fsp3) is 0.581. The molecule has 3 atom stereocenters. The highest BCUT2D eigenvalue weighted by Crippen LogP contribution is 2.47. The number of esters is 1. The minimum atomic E-state index is -3.95. The standard InChI is InChI=1S/C25H30NO3.C6H14O3S/c27-24(25(28,19-9-3-1-4-10-19)20-11-5-2-6-12-20)29-23-16-14-21-13-15-22(23)26(21)17-7-8-18-26;1-2-3-4-5-6-10(7,8)9/h1-6,9-12,21-23,28H,7-8,13-18H2;2-6H2,1H3,(H,7,8,9)/q+1;/p-1. The van der Waals surface area contributed by atoms with E-state index in [0.29, 0.717) is 23.6 Å². The third kappa shape index (κ3) is 6.73. The number of carbonyl (C=O) groups excluding carboxylic acids is 1. The molecule has 3 fully saturated rings. The van der Waals surface area contributed by atoms with Crippen LogP contribution in [0.15, 0.2) is 60.7 Å². The Morgan fingerprint density at radius 1 is 0.923 bits per heavy atom. The molecule has 0 aromatic heterocycles. The first kappa shape index (κ1) is 29.7. The summed E-state index contributed by atoms with van der Waals surface area (Å²) in [6.07, 6.45) is 10.3. The van der Waals surface area contributed by atoms with Crippen LogP contribution in [0.5, 0.6) is 0 Å². The van der Waals surface area contributed by atoms with E-state index in [1.54, 1.807) is 24.3 Å². The summed E-state index contributed by atoms with van der Waals surface area (Å²) in [6.45, 7) is 4.49. The Labute approximate surface area is 233 Å². The van der Waals surface area contributed by atoms with Gasteiger partial charge in [0.05, 0.1) is 29.2 Å². The lowest BCUT2D eigenvalue weighted by Crippen LogP contribution is -2.62. The van der Waals surface area contributed by atoms with Crippen molar-refractivity contribution in [2.75, 3.05) is 18.8 Å². The number of carbonyl (C=O) groups is 1. The van der Waals surface area contributed by atoms with Gasteiger partial charge in [0, 0.05) is 37.9 Å². The van der Waals surface area contributed by atoms with Gasteiger partial charge in [0.25, 0.3) is 0 Å². The Hall–Kier alpha value is -2.26. The maximum atomic E-state index is 13.5. The molecular formula is C31H43NO6S. The van der Waals surface area contributed by atoms with Crippen molar-refractivity contribution in [1.82, 2.24) is 0 Å². The van der Waals surface area contributed by atoms with Crippen LogP contribution in [0.25, 0.3) is 0 Å². The molecule has 1 N–H and O–H groups in total. The molecule has 3 unspecified atom stereocenters. The first-order chi connectivity index (χ1) is 18.7. The Bertz CT molecular complexity index is 1120. The van der Waals surface area contributed by atoms with Gasteiger partial charge < -0.3 is 18.9 Å². The zero-order chi connectivity index (χ0) is 27.9. The lowest BCUT2D eigenvalue weighted by Gasteiger charge is -2.48. The van der Waals surface area contributed by atoms with Crippen molar-refractivity contribution in [2.24, 2.45) is 0 Å². The number of hydrogen-bond donors (Lipinski definition) is 1. The summed E-state index contributed by atoms with van der Waals surface area (Å²) in [5.74, 6) is -0.741. The highest BCUT2D eigenvalue weighted by atomic mass is 32.2. The zero-order valence-electron chi connectivity index (χ0n) is 23.0. The van der Waals surface area contributed by atoms with Gasteiger partial charge in [-0.25, -0.2) is 13.2 Å². The van der Waals surface area contributed by atoms with Gasteiger partial charge in [-0.2, -0.15) is 0 Å². The lowest BCUT2D eigenvalue weighted by atomic mass is 9.86. The average molecular weight is 558 g/mol. The molecule has 0 saturated carbocycles. The van der Waals surface area contributed by atoms with Crippen LogP contribution in [0.1, 0.15) is 82.3 Å². The van der Waals surface area contributed by atoms with Crippen molar-refractivity contribution in [3.05, 3.63) is 71.8 Å². The molecule has 39 heavy (non-hydrogen) atoms. The first-order valence-electron chi connectivity index (χ1n) is 14.5. The van der Waals surface area contributed by atoms with Crippen molar-refractivity contribution in [1.29, 1.82) is 0 Å². The Kier molecular flexibility index (Phi) is 9.86. The van der Waals surface area contributed by atoms with Crippen molar-refractivity contribution in [2.45, 2.75) is 94.9 Å². The number of quaternary nitrogens is 1. The molecule has 8 heteroatoms. The smallest absolute Gasteiger partial charge is 0.348 e. The van der Waals surface area contributed by atoms with Crippen LogP contribution in [0, 0.1) is 0 Å². The number of ether oxygens (including phenoxy) is 1. The quantitative estimate of drug-likeness (QED) is 0.204. The number of aliphatic hydroxyl groups is 1. The van der Waals surface area contributed by atoms with Gasteiger partial charge in [0.2, 0.25) is 5.60 Å². The van der Waals surface area contributed by atoms with Crippen LogP contribution in [0.3, 0.4) is 0 Å². The minimum absolute atomic E-state index is 0.0988. The summed E-state index contributed by atoms with van der Waals surface area (Å²) >= 11 is 0. The van der Waals surface area contributed by atoms with E-state index in [-0.39, 0.29) is 11.9 Å². The zero-order valence-corrected chi connectivity index (χ0v) is 23.9. The predicted molar refractivity (Wildman–Crippen MR) is 150 cm³/mol. The van der Waals surface area contributed by atoms with E-state index < -0.39 is 21.7 Å². The molecule has 0 aliphatic carbocycles. The van der Waals surface area contributed by atoms with E-state index in [1.165, 1.54) is 32.4 Å². The third-order valence-corrected chi connectivity index (χ3v) is 9.77. The van der Waals surface area contributed by atoms with E-state index in [4.69, 9.17) is 4.74 Å². The predicted octanol–water partition coefficient (Wildman–Crippen LogP) is 4.88. The molecule has 214 valence electrons. The topological polar surface area (TPSA) is 104 Å². The Morgan fingerprint density at radius 3 is 2.03 bits per heavy atom. The summed E-state index contributed by atoms with van der Waals surface area (Å²) in [5, 5.41) is 11.7. The molecule has 0 radical (unpaired) electrons. The van der Waals surface area contributed by atoms with E-state index in [2.05, 4.69) is 0 Å². The minimum Gasteiger partial charge on any atom is -0.748 e. The van der Waals surface area contributed by atoms with Crippen LogP contribution >= 0.6 is 0 Å². The SMILES string of the molecule is CCCCCCS(=O)(=O)[O-].O=C(OC1CCC2CCC1[N+]21CCCC1)C(O)(c1ccccc1)c1ccccc1. The number of hydrogen-bond acceptors (Lipinski definition) is 6. The van der Waals surface area contributed by atoms with Gasteiger partial charge in [-0.05, 0) is 24.0 Å². The summed E-state index contributed by atoms with van der Waals surface area (Å²) < 4.78 is 37.5.